The summed E-state index contributed by atoms with van der Waals surface area (Å²) in [5.41, 5.74) is 3.52. The van der Waals surface area contributed by atoms with Gasteiger partial charge in [-0.1, -0.05) is 28.1 Å². The maximum atomic E-state index is 12.6. The Hall–Kier alpha value is -1.54. The number of carbonyl (C=O) groups excluding carboxylic acids is 1. The molecule has 2 aromatic carbocycles. The summed E-state index contributed by atoms with van der Waals surface area (Å²) in [7, 11) is 1.67. The Bertz CT molecular complexity index is 854. The fraction of sp³-hybridized carbons (Fsp3) is 0.435. The molecular weight excluding hydrogens is 464 g/mol. The first kappa shape index (κ1) is 23.1. The van der Waals surface area contributed by atoms with Crippen LogP contribution >= 0.6 is 27.7 Å². The molecule has 1 aliphatic heterocycles. The fourth-order valence-corrected chi connectivity index (χ4v) is 4.88. The van der Waals surface area contributed by atoms with Gasteiger partial charge >= 0.3 is 0 Å². The zero-order valence-corrected chi connectivity index (χ0v) is 20.1. The van der Waals surface area contributed by atoms with Crippen molar-refractivity contribution in [2.45, 2.75) is 24.8 Å². The van der Waals surface area contributed by atoms with Gasteiger partial charge in [0, 0.05) is 29.0 Å². The van der Waals surface area contributed by atoms with Gasteiger partial charge in [-0.3, -0.25) is 9.69 Å². The first-order chi connectivity index (χ1) is 14.5. The molecule has 1 heterocycles. The molecule has 0 radical (unpaired) electrons. The van der Waals surface area contributed by atoms with E-state index < -0.39 is 0 Å². The monoisotopic (exact) mass is 492 g/mol. The van der Waals surface area contributed by atoms with Gasteiger partial charge in [-0.05, 0) is 54.8 Å². The van der Waals surface area contributed by atoms with Crippen molar-refractivity contribution < 1.29 is 14.3 Å². The van der Waals surface area contributed by atoms with Crippen molar-refractivity contribution in [1.82, 2.24) is 10.2 Å². The number of thioether (sulfide) groups is 1. The molecule has 5 nitrogen and oxygen atoms in total. The topological polar surface area (TPSA) is 50.8 Å². The molecule has 162 valence electrons. The van der Waals surface area contributed by atoms with Gasteiger partial charge in [0.2, 0.25) is 5.91 Å². The summed E-state index contributed by atoms with van der Waals surface area (Å²) in [6.07, 6.45) is 0. The van der Waals surface area contributed by atoms with Gasteiger partial charge in [-0.2, -0.15) is 0 Å². The fourth-order valence-electron chi connectivity index (χ4n) is 3.49. The zero-order chi connectivity index (χ0) is 21.5. The molecule has 0 aliphatic carbocycles. The Kier molecular flexibility index (Phi) is 8.62. The van der Waals surface area contributed by atoms with Crippen molar-refractivity contribution in [2.24, 2.45) is 0 Å². The first-order valence-electron chi connectivity index (χ1n) is 10.1. The Morgan fingerprint density at radius 1 is 1.20 bits per heavy atom. The van der Waals surface area contributed by atoms with E-state index in [0.717, 1.165) is 41.4 Å². The Morgan fingerprint density at radius 2 is 1.90 bits per heavy atom. The number of rotatable bonds is 8. The molecule has 0 saturated carbocycles. The zero-order valence-electron chi connectivity index (χ0n) is 17.7. The van der Waals surface area contributed by atoms with Gasteiger partial charge < -0.3 is 14.8 Å². The molecule has 1 saturated heterocycles. The molecule has 1 amide bonds. The number of nitrogens with one attached hydrogen (secondary N) is 1. The normalized spacial score (nSPS) is 15.6. The van der Waals surface area contributed by atoms with Crippen LogP contribution in [-0.4, -0.2) is 56.5 Å². The highest BCUT2D eigenvalue weighted by atomic mass is 79.9. The highest BCUT2D eigenvalue weighted by molar-refractivity contribution is 9.10. The van der Waals surface area contributed by atoms with Crippen molar-refractivity contribution in [2.75, 3.05) is 45.7 Å². The van der Waals surface area contributed by atoms with E-state index in [-0.39, 0.29) is 11.9 Å². The lowest BCUT2D eigenvalue weighted by atomic mass is 10.0. The number of hydrogen-bond donors (Lipinski definition) is 1. The SMILES string of the molecule is COc1ccc(C(CNC(=O)CSc2cc(C)c(Br)cc2C)N2CCOCC2)cc1. The van der Waals surface area contributed by atoms with Crippen LogP contribution in [-0.2, 0) is 9.53 Å². The first-order valence-corrected chi connectivity index (χ1v) is 11.9. The molecule has 1 aliphatic rings. The Labute approximate surface area is 191 Å². The van der Waals surface area contributed by atoms with Gasteiger partial charge in [0.15, 0.2) is 0 Å². The molecule has 0 aromatic heterocycles. The second kappa shape index (κ2) is 11.2. The highest BCUT2D eigenvalue weighted by Gasteiger charge is 2.23. The van der Waals surface area contributed by atoms with Crippen LogP contribution in [0.1, 0.15) is 22.7 Å². The number of methoxy groups -OCH3 is 1. The van der Waals surface area contributed by atoms with E-state index in [0.29, 0.717) is 12.3 Å². The molecule has 2 aromatic rings. The van der Waals surface area contributed by atoms with Crippen molar-refractivity contribution in [1.29, 1.82) is 0 Å². The maximum absolute atomic E-state index is 12.6. The van der Waals surface area contributed by atoms with E-state index in [2.05, 4.69) is 64.3 Å². The quantitative estimate of drug-likeness (QED) is 0.554. The van der Waals surface area contributed by atoms with Crippen LogP contribution in [0.4, 0.5) is 0 Å². The van der Waals surface area contributed by atoms with Crippen LogP contribution in [0.3, 0.4) is 0 Å². The summed E-state index contributed by atoms with van der Waals surface area (Å²) in [6.45, 7) is 7.87. The summed E-state index contributed by atoms with van der Waals surface area (Å²) in [4.78, 5) is 16.1. The molecule has 30 heavy (non-hydrogen) atoms. The number of morpholine rings is 1. The number of aryl methyl sites for hydroxylation is 2. The van der Waals surface area contributed by atoms with Crippen LogP contribution in [0.15, 0.2) is 45.8 Å². The second-order valence-electron chi connectivity index (χ2n) is 7.40. The summed E-state index contributed by atoms with van der Waals surface area (Å²) in [5.74, 6) is 1.28. The number of carbonyl (C=O) groups is 1. The Morgan fingerprint density at radius 3 is 2.57 bits per heavy atom. The van der Waals surface area contributed by atoms with Crippen LogP contribution in [0.5, 0.6) is 5.75 Å². The van der Waals surface area contributed by atoms with Gasteiger partial charge in [0.05, 0.1) is 32.1 Å². The molecule has 1 atom stereocenters. The van der Waals surface area contributed by atoms with Gasteiger partial charge in [0.1, 0.15) is 5.75 Å². The minimum Gasteiger partial charge on any atom is -0.497 e. The average Bonchev–Trinajstić information content (AvgIpc) is 2.76. The van der Waals surface area contributed by atoms with E-state index in [4.69, 9.17) is 9.47 Å². The summed E-state index contributed by atoms with van der Waals surface area (Å²) < 4.78 is 11.9. The molecule has 0 spiro atoms. The number of ether oxygens (including phenoxy) is 2. The highest BCUT2D eigenvalue weighted by Crippen LogP contribution is 2.28. The van der Waals surface area contributed by atoms with Crippen molar-refractivity contribution >= 4 is 33.6 Å². The van der Waals surface area contributed by atoms with E-state index in [1.807, 2.05) is 12.1 Å². The predicted octanol–water partition coefficient (Wildman–Crippen LogP) is 4.36. The lowest BCUT2D eigenvalue weighted by Crippen LogP contribution is -2.44. The second-order valence-corrected chi connectivity index (χ2v) is 9.27. The van der Waals surface area contributed by atoms with Crippen molar-refractivity contribution in [3.8, 4) is 5.75 Å². The summed E-state index contributed by atoms with van der Waals surface area (Å²) in [5, 5.41) is 3.14. The minimum atomic E-state index is 0.0479. The number of halogens is 1. The maximum Gasteiger partial charge on any atom is 0.230 e. The molecule has 1 fully saturated rings. The van der Waals surface area contributed by atoms with Gasteiger partial charge in [-0.15, -0.1) is 11.8 Å². The summed E-state index contributed by atoms with van der Waals surface area (Å²) in [6, 6.07) is 12.4. The third kappa shape index (κ3) is 6.23. The Balaban J connectivity index is 1.61. The minimum absolute atomic E-state index is 0.0479. The number of benzene rings is 2. The smallest absolute Gasteiger partial charge is 0.230 e. The third-order valence-corrected chi connectivity index (χ3v) is 7.31. The number of nitrogens with zero attached hydrogens (tertiary/aromatic N) is 1. The van der Waals surface area contributed by atoms with Gasteiger partial charge in [-0.25, -0.2) is 0 Å². The molecule has 0 bridgehead atoms. The molecule has 3 rings (SSSR count). The van der Waals surface area contributed by atoms with Crippen molar-refractivity contribution in [3.63, 3.8) is 0 Å². The molecular formula is C23H29BrN2O3S. The summed E-state index contributed by atoms with van der Waals surface area (Å²) >= 11 is 5.14. The predicted molar refractivity (Wildman–Crippen MR) is 125 cm³/mol. The molecule has 1 N–H and O–H groups in total. The van der Waals surface area contributed by atoms with Crippen molar-refractivity contribution in [3.05, 3.63) is 57.6 Å². The van der Waals surface area contributed by atoms with E-state index >= 15 is 0 Å². The average molecular weight is 493 g/mol. The van der Waals surface area contributed by atoms with E-state index in [1.165, 1.54) is 16.7 Å². The number of hydrogen-bond acceptors (Lipinski definition) is 5. The van der Waals surface area contributed by atoms with E-state index in [1.54, 1.807) is 18.9 Å². The standard InChI is InChI=1S/C23H29BrN2O3S/c1-16-13-22(17(2)12-20(16)24)30-15-23(27)25-14-21(26-8-10-29-11-9-26)18-4-6-19(28-3)7-5-18/h4-7,12-13,21H,8-11,14-15H2,1-3H3,(H,25,27). The van der Waals surface area contributed by atoms with Crippen LogP contribution in [0.25, 0.3) is 0 Å². The molecule has 1 unspecified atom stereocenters. The lowest BCUT2D eigenvalue weighted by Gasteiger charge is -2.35. The van der Waals surface area contributed by atoms with E-state index in [9.17, 15) is 4.79 Å². The third-order valence-electron chi connectivity index (χ3n) is 5.29. The number of amides is 1. The van der Waals surface area contributed by atoms with Gasteiger partial charge in [0.25, 0.3) is 0 Å². The van der Waals surface area contributed by atoms with Crippen LogP contribution < -0.4 is 10.1 Å². The lowest BCUT2D eigenvalue weighted by molar-refractivity contribution is -0.118. The largest absolute Gasteiger partial charge is 0.497 e. The van der Waals surface area contributed by atoms with Crippen LogP contribution in [0.2, 0.25) is 0 Å². The molecule has 7 heteroatoms. The van der Waals surface area contributed by atoms with Crippen LogP contribution in [0, 0.1) is 13.8 Å².